The number of carbonyl (C=O) groups excluding carboxylic acids is 1. The summed E-state index contributed by atoms with van der Waals surface area (Å²) >= 11 is 0. The van der Waals surface area contributed by atoms with Crippen molar-refractivity contribution in [1.29, 1.82) is 5.26 Å². The molecule has 0 bridgehead atoms. The minimum atomic E-state index is -0.343. The molecule has 0 radical (unpaired) electrons. The van der Waals surface area contributed by atoms with Crippen molar-refractivity contribution in [2.45, 2.75) is 33.4 Å². The SMILES string of the molecule is CCOC(=O)/C=C/[C@H](C(C)C)N(CC#N)Cc1ccccc1. The predicted octanol–water partition coefficient (Wildman–Crippen LogP) is 3.16. The molecule has 0 fully saturated rings. The Kier molecular flexibility index (Phi) is 7.95. The number of nitrogens with zero attached hydrogens (tertiary/aromatic N) is 2. The van der Waals surface area contributed by atoms with Gasteiger partial charge in [0.25, 0.3) is 0 Å². The molecule has 0 aromatic heterocycles. The molecule has 22 heavy (non-hydrogen) atoms. The van der Waals surface area contributed by atoms with Crippen LogP contribution in [-0.4, -0.2) is 30.1 Å². The standard InChI is InChI=1S/C18H24N2O2/c1-4-22-18(21)11-10-17(15(2)3)20(13-12-19)14-16-8-6-5-7-9-16/h5-11,15,17H,4,13-14H2,1-3H3/b11-10+/t17-/m1/s1. The molecule has 0 spiro atoms. The lowest BCUT2D eigenvalue weighted by atomic mass is 10.0. The largest absolute Gasteiger partial charge is 0.463 e. The van der Waals surface area contributed by atoms with E-state index in [1.165, 1.54) is 6.08 Å². The molecule has 0 saturated heterocycles. The first-order chi connectivity index (χ1) is 10.6. The second-order valence-corrected chi connectivity index (χ2v) is 5.39. The van der Waals surface area contributed by atoms with Crippen LogP contribution in [-0.2, 0) is 16.1 Å². The Morgan fingerprint density at radius 3 is 2.59 bits per heavy atom. The normalized spacial score (nSPS) is 12.5. The van der Waals surface area contributed by atoms with Crippen molar-refractivity contribution in [2.75, 3.05) is 13.2 Å². The number of ether oxygens (including phenoxy) is 1. The van der Waals surface area contributed by atoms with Crippen molar-refractivity contribution < 1.29 is 9.53 Å². The van der Waals surface area contributed by atoms with Gasteiger partial charge in [-0.3, -0.25) is 4.90 Å². The third kappa shape index (κ3) is 6.11. The van der Waals surface area contributed by atoms with Crippen LogP contribution in [0.15, 0.2) is 42.5 Å². The summed E-state index contributed by atoms with van der Waals surface area (Å²) in [6, 6.07) is 12.2. The zero-order valence-electron chi connectivity index (χ0n) is 13.5. The maximum atomic E-state index is 11.5. The Bertz CT molecular complexity index is 518. The average molecular weight is 300 g/mol. The molecule has 0 aliphatic carbocycles. The number of nitriles is 1. The number of esters is 1. The average Bonchev–Trinajstić information content (AvgIpc) is 2.48. The Morgan fingerprint density at radius 2 is 2.05 bits per heavy atom. The van der Waals surface area contributed by atoms with Crippen LogP contribution in [0.25, 0.3) is 0 Å². The highest BCUT2D eigenvalue weighted by Crippen LogP contribution is 2.16. The van der Waals surface area contributed by atoms with Gasteiger partial charge in [-0.2, -0.15) is 5.26 Å². The first-order valence-electron chi connectivity index (χ1n) is 7.58. The van der Waals surface area contributed by atoms with Crippen molar-refractivity contribution in [3.63, 3.8) is 0 Å². The summed E-state index contributed by atoms with van der Waals surface area (Å²) in [5.41, 5.74) is 1.15. The van der Waals surface area contributed by atoms with Crippen LogP contribution in [0.4, 0.5) is 0 Å². The van der Waals surface area contributed by atoms with Gasteiger partial charge in [-0.25, -0.2) is 4.79 Å². The van der Waals surface area contributed by atoms with Crippen molar-refractivity contribution >= 4 is 5.97 Å². The van der Waals surface area contributed by atoms with E-state index in [4.69, 9.17) is 10.00 Å². The lowest BCUT2D eigenvalue weighted by molar-refractivity contribution is -0.137. The predicted molar refractivity (Wildman–Crippen MR) is 86.9 cm³/mol. The molecule has 4 heteroatoms. The van der Waals surface area contributed by atoms with E-state index in [1.54, 1.807) is 6.92 Å². The smallest absolute Gasteiger partial charge is 0.330 e. The maximum absolute atomic E-state index is 11.5. The second-order valence-electron chi connectivity index (χ2n) is 5.39. The monoisotopic (exact) mass is 300 g/mol. The van der Waals surface area contributed by atoms with E-state index in [9.17, 15) is 4.79 Å². The summed E-state index contributed by atoms with van der Waals surface area (Å²) in [7, 11) is 0. The molecule has 0 aliphatic heterocycles. The number of benzene rings is 1. The zero-order valence-corrected chi connectivity index (χ0v) is 13.5. The summed E-state index contributed by atoms with van der Waals surface area (Å²) in [5.74, 6) is -0.0625. The van der Waals surface area contributed by atoms with Gasteiger partial charge in [-0.05, 0) is 18.4 Å². The number of carbonyl (C=O) groups is 1. The molecule has 118 valence electrons. The van der Waals surface area contributed by atoms with E-state index in [-0.39, 0.29) is 17.9 Å². The van der Waals surface area contributed by atoms with Crippen molar-refractivity contribution in [2.24, 2.45) is 5.92 Å². The minimum Gasteiger partial charge on any atom is -0.463 e. The van der Waals surface area contributed by atoms with E-state index < -0.39 is 0 Å². The zero-order chi connectivity index (χ0) is 16.4. The van der Waals surface area contributed by atoms with E-state index >= 15 is 0 Å². The topological polar surface area (TPSA) is 53.3 Å². The first kappa shape index (κ1) is 17.9. The van der Waals surface area contributed by atoms with Crippen LogP contribution in [0, 0.1) is 17.2 Å². The number of hydrogen-bond acceptors (Lipinski definition) is 4. The fraction of sp³-hybridized carbons (Fsp3) is 0.444. The van der Waals surface area contributed by atoms with Gasteiger partial charge in [0.15, 0.2) is 0 Å². The minimum absolute atomic E-state index is 0.00395. The van der Waals surface area contributed by atoms with Crippen LogP contribution in [0.3, 0.4) is 0 Å². The Labute approximate surface area is 133 Å². The van der Waals surface area contributed by atoms with Gasteiger partial charge in [0.05, 0.1) is 19.2 Å². The Balaban J connectivity index is 2.87. The third-order valence-electron chi connectivity index (χ3n) is 3.32. The van der Waals surface area contributed by atoms with Crippen LogP contribution in [0.5, 0.6) is 0 Å². The van der Waals surface area contributed by atoms with Gasteiger partial charge < -0.3 is 4.74 Å². The van der Waals surface area contributed by atoms with Gasteiger partial charge in [-0.1, -0.05) is 50.3 Å². The van der Waals surface area contributed by atoms with Gasteiger partial charge >= 0.3 is 5.97 Å². The fourth-order valence-electron chi connectivity index (χ4n) is 2.31. The molecule has 1 aromatic carbocycles. The highest BCUT2D eigenvalue weighted by Gasteiger charge is 2.19. The quantitative estimate of drug-likeness (QED) is 0.420. The number of rotatable bonds is 8. The van der Waals surface area contributed by atoms with Crippen LogP contribution >= 0.6 is 0 Å². The molecule has 0 amide bonds. The van der Waals surface area contributed by atoms with Crippen molar-refractivity contribution in [3.05, 3.63) is 48.0 Å². The van der Waals surface area contributed by atoms with Gasteiger partial charge in [0.1, 0.15) is 0 Å². The molecule has 0 aliphatic rings. The van der Waals surface area contributed by atoms with Crippen LogP contribution < -0.4 is 0 Å². The van der Waals surface area contributed by atoms with Crippen molar-refractivity contribution in [1.82, 2.24) is 4.90 Å². The molecule has 0 unspecified atom stereocenters. The number of hydrogen-bond donors (Lipinski definition) is 0. The molecule has 0 heterocycles. The van der Waals surface area contributed by atoms with E-state index in [1.807, 2.05) is 36.4 Å². The summed E-state index contributed by atoms with van der Waals surface area (Å²) in [5, 5.41) is 9.10. The molecular weight excluding hydrogens is 276 g/mol. The Morgan fingerprint density at radius 1 is 1.36 bits per heavy atom. The summed E-state index contributed by atoms with van der Waals surface area (Å²) in [6.45, 7) is 7.28. The molecule has 0 N–H and O–H groups in total. The molecule has 0 saturated carbocycles. The highest BCUT2D eigenvalue weighted by atomic mass is 16.5. The van der Waals surface area contributed by atoms with Gasteiger partial charge in [0.2, 0.25) is 0 Å². The maximum Gasteiger partial charge on any atom is 0.330 e. The van der Waals surface area contributed by atoms with Gasteiger partial charge in [0, 0.05) is 18.7 Å². The first-order valence-corrected chi connectivity index (χ1v) is 7.58. The fourth-order valence-corrected chi connectivity index (χ4v) is 2.31. The van der Waals surface area contributed by atoms with Crippen LogP contribution in [0.1, 0.15) is 26.3 Å². The van der Waals surface area contributed by atoms with E-state index in [0.717, 1.165) is 5.56 Å². The van der Waals surface area contributed by atoms with Crippen LogP contribution in [0.2, 0.25) is 0 Å². The van der Waals surface area contributed by atoms with E-state index in [2.05, 4.69) is 24.8 Å². The van der Waals surface area contributed by atoms with E-state index in [0.29, 0.717) is 19.7 Å². The third-order valence-corrected chi connectivity index (χ3v) is 3.32. The molecule has 1 atom stereocenters. The summed E-state index contributed by atoms with van der Waals surface area (Å²) in [4.78, 5) is 13.6. The Hall–Kier alpha value is -2.12. The molecule has 1 aromatic rings. The molecule has 4 nitrogen and oxygen atoms in total. The van der Waals surface area contributed by atoms with Gasteiger partial charge in [-0.15, -0.1) is 0 Å². The van der Waals surface area contributed by atoms with Crippen molar-refractivity contribution in [3.8, 4) is 6.07 Å². The second kappa shape index (κ2) is 9.75. The highest BCUT2D eigenvalue weighted by molar-refractivity contribution is 5.81. The lowest BCUT2D eigenvalue weighted by Gasteiger charge is -2.30. The lowest BCUT2D eigenvalue weighted by Crippen LogP contribution is -2.37. The summed E-state index contributed by atoms with van der Waals surface area (Å²) < 4.78 is 4.92. The molecule has 1 rings (SSSR count). The summed E-state index contributed by atoms with van der Waals surface area (Å²) in [6.07, 6.45) is 3.30. The molecular formula is C18H24N2O2.